The molecule has 1 aromatic carbocycles. The number of benzene rings is 1. The molecule has 0 radical (unpaired) electrons. The topological polar surface area (TPSA) is 47.7 Å². The van der Waals surface area contributed by atoms with Gasteiger partial charge in [0.2, 0.25) is 0 Å². The van der Waals surface area contributed by atoms with Gasteiger partial charge in [0.1, 0.15) is 23.4 Å². The molecule has 0 spiro atoms. The van der Waals surface area contributed by atoms with Crippen LogP contribution in [0.25, 0.3) is 0 Å². The van der Waals surface area contributed by atoms with Crippen molar-refractivity contribution in [2.75, 3.05) is 26.7 Å². The van der Waals surface area contributed by atoms with E-state index in [1.807, 2.05) is 37.3 Å². The molecule has 0 amide bonds. The summed E-state index contributed by atoms with van der Waals surface area (Å²) in [5.41, 5.74) is 0.951. The number of rotatable bonds is 6. The second-order valence-electron chi connectivity index (χ2n) is 6.02. The van der Waals surface area contributed by atoms with Gasteiger partial charge >= 0.3 is 0 Å². The first-order valence-electron chi connectivity index (χ1n) is 8.18. The Kier molecular flexibility index (Phi) is 5.18. The Morgan fingerprint density at radius 3 is 2.48 bits per heavy atom. The molecule has 124 valence electrons. The Bertz CT molecular complexity index is 601. The predicted octanol–water partition coefficient (Wildman–Crippen LogP) is 3.08. The molecule has 0 unspecified atom stereocenters. The van der Waals surface area contributed by atoms with E-state index in [0.29, 0.717) is 6.10 Å². The van der Waals surface area contributed by atoms with Crippen molar-refractivity contribution in [3.8, 4) is 11.5 Å². The fourth-order valence-electron chi connectivity index (χ4n) is 2.90. The van der Waals surface area contributed by atoms with E-state index in [-0.39, 0.29) is 0 Å². The molecular formula is C18H24N2O3. The number of methoxy groups -OCH3 is 1. The highest BCUT2D eigenvalue weighted by Crippen LogP contribution is 2.22. The van der Waals surface area contributed by atoms with Gasteiger partial charge in [-0.05, 0) is 44.0 Å². The van der Waals surface area contributed by atoms with Gasteiger partial charge in [-0.1, -0.05) is 5.16 Å². The molecular weight excluding hydrogens is 292 g/mol. The number of likely N-dealkylation sites (tertiary alicyclic amines) is 1. The number of hydrogen-bond acceptors (Lipinski definition) is 5. The lowest BCUT2D eigenvalue weighted by atomic mass is 10.1. The van der Waals surface area contributed by atoms with Crippen LogP contribution in [-0.4, -0.2) is 42.9 Å². The molecule has 0 N–H and O–H groups in total. The average molecular weight is 316 g/mol. The van der Waals surface area contributed by atoms with Crippen LogP contribution < -0.4 is 9.47 Å². The minimum absolute atomic E-state index is 0.298. The highest BCUT2D eigenvalue weighted by molar-refractivity contribution is 5.31. The van der Waals surface area contributed by atoms with Crippen molar-refractivity contribution >= 4 is 0 Å². The number of hydrogen-bond donors (Lipinski definition) is 0. The van der Waals surface area contributed by atoms with E-state index in [9.17, 15) is 0 Å². The Morgan fingerprint density at radius 2 is 1.87 bits per heavy atom. The molecule has 5 heteroatoms. The molecule has 23 heavy (non-hydrogen) atoms. The number of aryl methyl sites for hydroxylation is 1. The van der Waals surface area contributed by atoms with Crippen molar-refractivity contribution in [2.45, 2.75) is 32.3 Å². The molecule has 0 bridgehead atoms. The predicted molar refractivity (Wildman–Crippen MR) is 88.0 cm³/mol. The van der Waals surface area contributed by atoms with Gasteiger partial charge < -0.3 is 18.9 Å². The summed E-state index contributed by atoms with van der Waals surface area (Å²) in [7, 11) is 1.67. The fourth-order valence-corrected chi connectivity index (χ4v) is 2.90. The molecule has 0 saturated carbocycles. The van der Waals surface area contributed by atoms with E-state index in [1.165, 1.54) is 0 Å². The van der Waals surface area contributed by atoms with Crippen molar-refractivity contribution in [1.82, 2.24) is 10.1 Å². The summed E-state index contributed by atoms with van der Waals surface area (Å²) in [6, 6.07) is 9.82. The van der Waals surface area contributed by atoms with Crippen molar-refractivity contribution in [1.29, 1.82) is 0 Å². The highest BCUT2D eigenvalue weighted by atomic mass is 16.5. The van der Waals surface area contributed by atoms with Gasteiger partial charge in [0.15, 0.2) is 0 Å². The summed E-state index contributed by atoms with van der Waals surface area (Å²) in [5.74, 6) is 2.75. The molecule has 3 rings (SSSR count). The van der Waals surface area contributed by atoms with Crippen LogP contribution in [0.3, 0.4) is 0 Å². The summed E-state index contributed by atoms with van der Waals surface area (Å²) >= 11 is 0. The summed E-state index contributed by atoms with van der Waals surface area (Å²) < 4.78 is 16.5. The maximum atomic E-state index is 6.06. The Morgan fingerprint density at radius 1 is 1.17 bits per heavy atom. The van der Waals surface area contributed by atoms with E-state index in [4.69, 9.17) is 14.0 Å². The second-order valence-corrected chi connectivity index (χ2v) is 6.02. The first-order valence-corrected chi connectivity index (χ1v) is 8.18. The van der Waals surface area contributed by atoms with Crippen LogP contribution in [0.2, 0.25) is 0 Å². The molecule has 0 atom stereocenters. The van der Waals surface area contributed by atoms with E-state index in [2.05, 4.69) is 10.1 Å². The van der Waals surface area contributed by atoms with Crippen LogP contribution in [0.4, 0.5) is 0 Å². The van der Waals surface area contributed by atoms with Gasteiger partial charge in [-0.3, -0.25) is 0 Å². The molecule has 1 saturated heterocycles. The molecule has 1 aliphatic rings. The summed E-state index contributed by atoms with van der Waals surface area (Å²) in [4.78, 5) is 2.46. The van der Waals surface area contributed by atoms with Crippen LogP contribution in [-0.2, 0) is 6.42 Å². The highest BCUT2D eigenvalue weighted by Gasteiger charge is 2.20. The number of piperidine rings is 1. The van der Waals surface area contributed by atoms with Crippen molar-refractivity contribution in [3.63, 3.8) is 0 Å². The Hall–Kier alpha value is -2.01. The van der Waals surface area contributed by atoms with Crippen molar-refractivity contribution < 1.29 is 14.0 Å². The molecule has 2 heterocycles. The standard InChI is InChI=1S/C18H24N2O3/c1-14-13-18(23-19-14)9-12-20-10-7-17(8-11-20)22-16-5-3-15(21-2)4-6-16/h3-6,13,17H,7-12H2,1-2H3. The first kappa shape index (κ1) is 15.9. The third-order valence-electron chi connectivity index (χ3n) is 4.25. The van der Waals surface area contributed by atoms with Gasteiger partial charge in [0.05, 0.1) is 12.8 Å². The Labute approximate surface area is 137 Å². The third kappa shape index (κ3) is 4.48. The average Bonchev–Trinajstić information content (AvgIpc) is 3.00. The van der Waals surface area contributed by atoms with Crippen LogP contribution in [0.15, 0.2) is 34.9 Å². The normalized spacial score (nSPS) is 16.4. The smallest absolute Gasteiger partial charge is 0.138 e. The molecule has 1 aromatic heterocycles. The van der Waals surface area contributed by atoms with Crippen molar-refractivity contribution in [2.24, 2.45) is 0 Å². The molecule has 1 fully saturated rings. The first-order chi connectivity index (χ1) is 11.2. The lowest BCUT2D eigenvalue weighted by Gasteiger charge is -2.31. The summed E-state index contributed by atoms with van der Waals surface area (Å²) in [6.07, 6.45) is 3.33. The maximum absolute atomic E-state index is 6.06. The van der Waals surface area contributed by atoms with Crippen LogP contribution >= 0.6 is 0 Å². The van der Waals surface area contributed by atoms with E-state index >= 15 is 0 Å². The zero-order valence-corrected chi connectivity index (χ0v) is 13.8. The van der Waals surface area contributed by atoms with E-state index < -0.39 is 0 Å². The third-order valence-corrected chi connectivity index (χ3v) is 4.25. The minimum atomic E-state index is 0.298. The van der Waals surface area contributed by atoms with Gasteiger partial charge in [0.25, 0.3) is 0 Å². The summed E-state index contributed by atoms with van der Waals surface area (Å²) in [5, 5.41) is 3.93. The monoisotopic (exact) mass is 316 g/mol. The minimum Gasteiger partial charge on any atom is -0.497 e. The molecule has 5 nitrogen and oxygen atoms in total. The maximum Gasteiger partial charge on any atom is 0.138 e. The van der Waals surface area contributed by atoms with Crippen molar-refractivity contribution in [3.05, 3.63) is 41.8 Å². The van der Waals surface area contributed by atoms with E-state index in [1.54, 1.807) is 7.11 Å². The second kappa shape index (κ2) is 7.51. The molecule has 0 aliphatic carbocycles. The summed E-state index contributed by atoms with van der Waals surface area (Å²) in [6.45, 7) is 5.10. The van der Waals surface area contributed by atoms with Crippen LogP contribution in [0, 0.1) is 6.92 Å². The van der Waals surface area contributed by atoms with Gasteiger partial charge in [0, 0.05) is 32.1 Å². The fraction of sp³-hybridized carbons (Fsp3) is 0.500. The van der Waals surface area contributed by atoms with Gasteiger partial charge in [-0.15, -0.1) is 0 Å². The number of nitrogens with zero attached hydrogens (tertiary/aromatic N) is 2. The zero-order valence-electron chi connectivity index (χ0n) is 13.8. The van der Waals surface area contributed by atoms with E-state index in [0.717, 1.165) is 61.8 Å². The SMILES string of the molecule is COc1ccc(OC2CCN(CCc3cc(C)no3)CC2)cc1. The number of ether oxygens (including phenoxy) is 2. The van der Waals surface area contributed by atoms with Gasteiger partial charge in [-0.2, -0.15) is 0 Å². The lowest BCUT2D eigenvalue weighted by molar-refractivity contribution is 0.100. The van der Waals surface area contributed by atoms with Gasteiger partial charge in [-0.25, -0.2) is 0 Å². The molecule has 1 aliphatic heterocycles. The number of aromatic nitrogens is 1. The largest absolute Gasteiger partial charge is 0.497 e. The quantitative estimate of drug-likeness (QED) is 0.819. The molecule has 2 aromatic rings. The Balaban J connectivity index is 1.41. The van der Waals surface area contributed by atoms with Crippen LogP contribution in [0.5, 0.6) is 11.5 Å². The zero-order chi connectivity index (χ0) is 16.1. The lowest BCUT2D eigenvalue weighted by Crippen LogP contribution is -2.39. The van der Waals surface area contributed by atoms with Crippen LogP contribution in [0.1, 0.15) is 24.3 Å².